The molecule has 2 aromatic rings. The number of hydrogen-bond acceptors (Lipinski definition) is 2. The van der Waals surface area contributed by atoms with E-state index in [0.717, 1.165) is 36.3 Å². The van der Waals surface area contributed by atoms with Crippen LogP contribution >= 0.6 is 55.1 Å². The maximum atomic E-state index is 6.34. The molecule has 0 saturated carbocycles. The van der Waals surface area contributed by atoms with Crippen LogP contribution in [0.5, 0.6) is 11.5 Å². The molecule has 0 saturated heterocycles. The molecule has 0 aliphatic rings. The summed E-state index contributed by atoms with van der Waals surface area (Å²) >= 11 is 20.0. The Morgan fingerprint density at radius 3 is 1.71 bits per heavy atom. The van der Waals surface area contributed by atoms with Gasteiger partial charge in [-0.3, -0.25) is 0 Å². The van der Waals surface area contributed by atoms with Crippen molar-refractivity contribution in [2.75, 3.05) is 24.9 Å². The molecular formula is C22H26Br2Cl2O2. The SMILES string of the molecule is COc1ccc(C[C@@H](CBr)[C@H](CCCBr)Cc2ccc(OC)c(Cl)c2)cc1Cl. The Morgan fingerprint density at radius 1 is 0.821 bits per heavy atom. The molecule has 0 unspecified atom stereocenters. The molecule has 0 N–H and O–H groups in total. The van der Waals surface area contributed by atoms with Crippen LogP contribution in [0, 0.1) is 11.8 Å². The molecule has 0 aromatic heterocycles. The van der Waals surface area contributed by atoms with Gasteiger partial charge in [0.15, 0.2) is 0 Å². The van der Waals surface area contributed by atoms with Gasteiger partial charge in [-0.15, -0.1) is 0 Å². The van der Waals surface area contributed by atoms with E-state index >= 15 is 0 Å². The van der Waals surface area contributed by atoms with E-state index in [1.807, 2.05) is 24.3 Å². The summed E-state index contributed by atoms with van der Waals surface area (Å²) in [6.07, 6.45) is 4.24. The van der Waals surface area contributed by atoms with E-state index in [-0.39, 0.29) is 0 Å². The second-order valence-electron chi connectivity index (χ2n) is 6.85. The Hall–Kier alpha value is -0.420. The van der Waals surface area contributed by atoms with Crippen LogP contribution in [-0.4, -0.2) is 24.9 Å². The predicted octanol–water partition coefficient (Wildman–Crippen LogP) is 7.60. The first kappa shape index (κ1) is 23.9. The van der Waals surface area contributed by atoms with Crippen LogP contribution in [-0.2, 0) is 12.8 Å². The highest BCUT2D eigenvalue weighted by atomic mass is 79.9. The first-order valence-electron chi connectivity index (χ1n) is 9.29. The summed E-state index contributed by atoms with van der Waals surface area (Å²) in [7, 11) is 3.28. The van der Waals surface area contributed by atoms with Gasteiger partial charge < -0.3 is 9.47 Å². The highest BCUT2D eigenvalue weighted by molar-refractivity contribution is 9.09. The Balaban J connectivity index is 2.18. The van der Waals surface area contributed by atoms with E-state index < -0.39 is 0 Å². The predicted molar refractivity (Wildman–Crippen MR) is 127 cm³/mol. The fourth-order valence-electron chi connectivity index (χ4n) is 3.47. The Bertz CT molecular complexity index is 755. The van der Waals surface area contributed by atoms with E-state index in [9.17, 15) is 0 Å². The van der Waals surface area contributed by atoms with E-state index in [0.29, 0.717) is 33.4 Å². The first-order valence-corrected chi connectivity index (χ1v) is 12.3. The number of halogens is 4. The maximum absolute atomic E-state index is 6.34. The molecular weight excluding hydrogens is 527 g/mol. The minimum Gasteiger partial charge on any atom is -0.495 e. The van der Waals surface area contributed by atoms with Gasteiger partial charge in [0.25, 0.3) is 0 Å². The Morgan fingerprint density at radius 2 is 1.32 bits per heavy atom. The smallest absolute Gasteiger partial charge is 0.137 e. The summed E-state index contributed by atoms with van der Waals surface area (Å²) in [5.74, 6) is 2.45. The molecule has 0 aliphatic heterocycles. The van der Waals surface area contributed by atoms with Crippen LogP contribution in [0.4, 0.5) is 0 Å². The summed E-state index contributed by atoms with van der Waals surface area (Å²) < 4.78 is 10.6. The lowest BCUT2D eigenvalue weighted by Gasteiger charge is -2.26. The maximum Gasteiger partial charge on any atom is 0.137 e. The van der Waals surface area contributed by atoms with Gasteiger partial charge >= 0.3 is 0 Å². The fraction of sp³-hybridized carbons (Fsp3) is 0.455. The van der Waals surface area contributed by atoms with Crippen LogP contribution < -0.4 is 9.47 Å². The molecule has 0 amide bonds. The van der Waals surface area contributed by atoms with E-state index in [4.69, 9.17) is 32.7 Å². The lowest BCUT2D eigenvalue weighted by Crippen LogP contribution is -2.21. The van der Waals surface area contributed by atoms with E-state index in [1.165, 1.54) is 11.1 Å². The molecule has 0 heterocycles. The van der Waals surface area contributed by atoms with Crippen LogP contribution in [0.25, 0.3) is 0 Å². The zero-order chi connectivity index (χ0) is 20.5. The monoisotopic (exact) mass is 550 g/mol. The van der Waals surface area contributed by atoms with Crippen LogP contribution in [0.2, 0.25) is 10.0 Å². The summed E-state index contributed by atoms with van der Waals surface area (Å²) in [4.78, 5) is 0. The van der Waals surface area contributed by atoms with Gasteiger partial charge in [0, 0.05) is 10.7 Å². The number of hydrogen-bond donors (Lipinski definition) is 0. The molecule has 154 valence electrons. The average molecular weight is 553 g/mol. The Kier molecular flexibility index (Phi) is 10.5. The van der Waals surface area contributed by atoms with Crippen molar-refractivity contribution in [2.45, 2.75) is 25.7 Å². The van der Waals surface area contributed by atoms with Crippen molar-refractivity contribution < 1.29 is 9.47 Å². The standard InChI is InChI=1S/C22H26Br2Cl2O2/c1-27-21-7-5-15(12-19(21)25)10-17(4-3-9-23)18(14-24)11-16-6-8-22(28-2)20(26)13-16/h5-8,12-13,17-18H,3-4,9-11,14H2,1-2H3/t17-,18+/m1/s1. The molecule has 0 fully saturated rings. The third-order valence-electron chi connectivity index (χ3n) is 5.00. The van der Waals surface area contributed by atoms with Crippen molar-refractivity contribution in [1.29, 1.82) is 0 Å². The average Bonchev–Trinajstić information content (AvgIpc) is 2.69. The molecule has 2 aromatic carbocycles. The Labute approximate surface area is 195 Å². The normalized spacial score (nSPS) is 13.2. The zero-order valence-electron chi connectivity index (χ0n) is 16.2. The van der Waals surface area contributed by atoms with Gasteiger partial charge in [-0.1, -0.05) is 67.2 Å². The van der Waals surface area contributed by atoms with Crippen molar-refractivity contribution >= 4 is 55.1 Å². The fourth-order valence-corrected chi connectivity index (χ4v) is 5.11. The van der Waals surface area contributed by atoms with Crippen molar-refractivity contribution in [1.82, 2.24) is 0 Å². The second kappa shape index (κ2) is 12.3. The lowest BCUT2D eigenvalue weighted by atomic mass is 9.81. The van der Waals surface area contributed by atoms with Crippen molar-refractivity contribution in [3.05, 3.63) is 57.6 Å². The minimum atomic E-state index is 0.490. The molecule has 28 heavy (non-hydrogen) atoms. The number of rotatable bonds is 11. The first-order chi connectivity index (χ1) is 13.5. The van der Waals surface area contributed by atoms with Crippen molar-refractivity contribution in [2.24, 2.45) is 11.8 Å². The van der Waals surface area contributed by atoms with Gasteiger partial charge in [0.05, 0.1) is 24.3 Å². The van der Waals surface area contributed by atoms with Crippen molar-refractivity contribution in [3.63, 3.8) is 0 Å². The summed E-state index contributed by atoms with van der Waals surface area (Å²) in [6, 6.07) is 12.2. The van der Waals surface area contributed by atoms with E-state index in [2.05, 4.69) is 44.0 Å². The highest BCUT2D eigenvalue weighted by Crippen LogP contribution is 2.33. The van der Waals surface area contributed by atoms with Crippen LogP contribution in [0.15, 0.2) is 36.4 Å². The molecule has 6 heteroatoms. The summed E-state index contributed by atoms with van der Waals surface area (Å²) in [5, 5.41) is 3.27. The molecule has 0 spiro atoms. The third-order valence-corrected chi connectivity index (χ3v) is 6.98. The lowest BCUT2D eigenvalue weighted by molar-refractivity contribution is 0.336. The van der Waals surface area contributed by atoms with Gasteiger partial charge in [0.1, 0.15) is 11.5 Å². The molecule has 2 atom stereocenters. The third kappa shape index (κ3) is 6.83. The second-order valence-corrected chi connectivity index (χ2v) is 9.11. The van der Waals surface area contributed by atoms with Gasteiger partial charge in [0.2, 0.25) is 0 Å². The molecule has 0 aliphatic carbocycles. The highest BCUT2D eigenvalue weighted by Gasteiger charge is 2.22. The quantitative estimate of drug-likeness (QED) is 0.267. The van der Waals surface area contributed by atoms with Crippen molar-refractivity contribution in [3.8, 4) is 11.5 Å². The number of alkyl halides is 2. The molecule has 0 bridgehead atoms. The molecule has 0 radical (unpaired) electrons. The largest absolute Gasteiger partial charge is 0.495 e. The molecule has 2 rings (SSSR count). The number of benzene rings is 2. The summed E-state index contributed by atoms with van der Waals surface area (Å²) in [5.41, 5.74) is 2.47. The number of ether oxygens (including phenoxy) is 2. The van der Waals surface area contributed by atoms with Crippen LogP contribution in [0.1, 0.15) is 24.0 Å². The zero-order valence-corrected chi connectivity index (χ0v) is 20.9. The van der Waals surface area contributed by atoms with Gasteiger partial charge in [-0.25, -0.2) is 0 Å². The summed E-state index contributed by atoms with van der Waals surface area (Å²) in [6.45, 7) is 0. The number of methoxy groups -OCH3 is 2. The van der Waals surface area contributed by atoms with Gasteiger partial charge in [-0.2, -0.15) is 0 Å². The topological polar surface area (TPSA) is 18.5 Å². The van der Waals surface area contributed by atoms with Gasteiger partial charge in [-0.05, 0) is 72.9 Å². The molecule has 2 nitrogen and oxygen atoms in total. The minimum absolute atomic E-state index is 0.490. The van der Waals surface area contributed by atoms with Crippen LogP contribution in [0.3, 0.4) is 0 Å². The van der Waals surface area contributed by atoms with E-state index in [1.54, 1.807) is 14.2 Å².